The molecular weight excluding hydrogens is 1820 g/mol. The molecule has 808 valence electrons. The van der Waals surface area contributed by atoms with Gasteiger partial charge in [0.2, 0.25) is 6.10 Å². The lowest BCUT2D eigenvalue weighted by Gasteiger charge is -2.46. The van der Waals surface area contributed by atoms with Crippen molar-refractivity contribution >= 4 is 83.2 Å². The summed E-state index contributed by atoms with van der Waals surface area (Å²) in [6.07, 6.45) is 17.7. The van der Waals surface area contributed by atoms with Gasteiger partial charge in [0.15, 0.2) is 49.2 Å². The lowest BCUT2D eigenvalue weighted by Crippen LogP contribution is -2.49. The van der Waals surface area contributed by atoms with E-state index in [0.29, 0.717) is 83.5 Å². The van der Waals surface area contributed by atoms with Crippen LogP contribution in [0, 0.1) is 101 Å². The molecule has 0 radical (unpaired) electrons. The molecule has 19 atom stereocenters. The molecule has 5 saturated carbocycles. The van der Waals surface area contributed by atoms with Crippen LogP contribution in [0.2, 0.25) is 0 Å². The first kappa shape index (κ1) is 122. The van der Waals surface area contributed by atoms with Gasteiger partial charge in [0.05, 0.1) is 93.6 Å². The van der Waals surface area contributed by atoms with Crippen LogP contribution in [0.5, 0.6) is 0 Å². The highest BCUT2D eigenvalue weighted by Crippen LogP contribution is 2.71. The fraction of sp³-hybridized carbons (Fsp3) is 0.872. The Kier molecular flexibility index (Phi) is 44.6. The summed E-state index contributed by atoms with van der Waals surface area (Å²) >= 11 is 0. The van der Waals surface area contributed by atoms with Crippen molar-refractivity contribution in [3.8, 4) is 0 Å². The second-order valence-corrected chi connectivity index (χ2v) is 48.4. The van der Waals surface area contributed by atoms with Crippen LogP contribution in [-0.2, 0) is 152 Å². The Morgan fingerprint density at radius 2 is 0.745 bits per heavy atom. The predicted octanol–water partition coefficient (Wildman–Crippen LogP) is 18.3. The quantitative estimate of drug-likeness (QED) is 0.0182. The molecule has 0 aromatic carbocycles. The minimum atomic E-state index is -0.687. The van der Waals surface area contributed by atoms with Gasteiger partial charge in [-0.3, -0.25) is 62.3 Å². The summed E-state index contributed by atoms with van der Waals surface area (Å²) < 4.78 is 95.2. The van der Waals surface area contributed by atoms with E-state index in [9.17, 15) is 67.1 Å². The smallest absolute Gasteiger partial charge is 0.347 e. The van der Waals surface area contributed by atoms with Gasteiger partial charge in [0, 0.05) is 12.3 Å². The van der Waals surface area contributed by atoms with Crippen LogP contribution in [0.1, 0.15) is 369 Å². The highest BCUT2D eigenvalue weighted by Gasteiger charge is 2.70. The third-order valence-electron chi connectivity index (χ3n) is 31.7. The second kappa shape index (κ2) is 51.4. The maximum absolute atomic E-state index is 12.7. The lowest BCUT2D eigenvalue weighted by atomic mass is 9.65. The maximum Gasteiger partial charge on any atom is 0.347 e. The van der Waals surface area contributed by atoms with Crippen molar-refractivity contribution in [1.82, 2.24) is 0 Å². The number of Topliss-reactive ketones (excluding diaryl/α,β-unsaturated/α-hetero) is 2. The van der Waals surface area contributed by atoms with Crippen molar-refractivity contribution in [3.63, 3.8) is 0 Å². The molecule has 13 aliphatic rings. The number of hydrogen-bond donors (Lipinski definition) is 0. The number of esters is 12. The van der Waals surface area contributed by atoms with E-state index in [2.05, 4.69) is 20.8 Å². The fourth-order valence-corrected chi connectivity index (χ4v) is 18.6. The van der Waals surface area contributed by atoms with Crippen LogP contribution >= 0.6 is 0 Å². The predicted molar refractivity (Wildman–Crippen MR) is 522 cm³/mol. The molecule has 19 unspecified atom stereocenters. The summed E-state index contributed by atoms with van der Waals surface area (Å²) in [5.41, 5.74) is -3.94. The summed E-state index contributed by atoms with van der Waals surface area (Å²) in [5.74, 6) is 1.60. The normalized spacial score (nSPS) is 28.1. The molecule has 141 heavy (non-hydrogen) atoms. The van der Waals surface area contributed by atoms with Gasteiger partial charge in [-0.05, 0) is 286 Å². The number of fused-ring (bicyclic) bond motifs is 11. The van der Waals surface area contributed by atoms with E-state index < -0.39 is 69.0 Å². The van der Waals surface area contributed by atoms with Gasteiger partial charge in [0.1, 0.15) is 62.9 Å². The van der Waals surface area contributed by atoms with Crippen LogP contribution in [0.15, 0.2) is 0 Å². The number of cyclic esters (lactones) is 2. The number of ether oxygens (including phenoxy) is 18. The Bertz CT molecular complexity index is 4040. The fourth-order valence-electron chi connectivity index (χ4n) is 18.6. The van der Waals surface area contributed by atoms with Crippen LogP contribution < -0.4 is 0 Å². The highest BCUT2D eigenvalue weighted by molar-refractivity contribution is 5.87. The summed E-state index contributed by atoms with van der Waals surface area (Å²) in [4.78, 5) is 163. The zero-order valence-electron chi connectivity index (χ0n) is 91.8. The van der Waals surface area contributed by atoms with Crippen molar-refractivity contribution < 1.29 is 152 Å². The lowest BCUT2D eigenvalue weighted by molar-refractivity contribution is -0.183. The van der Waals surface area contributed by atoms with E-state index in [1.807, 2.05) is 159 Å². The third-order valence-corrected chi connectivity index (χ3v) is 31.7. The molecule has 8 aliphatic heterocycles. The largest absolute Gasteiger partial charge is 0.463 e. The molecule has 5 aliphatic carbocycles. The van der Waals surface area contributed by atoms with E-state index in [1.54, 1.807) is 41.5 Å². The molecule has 8 heterocycles. The molecule has 13 fully saturated rings. The number of carbonyl (C=O) groups excluding carboxylic acids is 14. The average Bonchev–Trinajstić information content (AvgIpc) is 1.53. The van der Waals surface area contributed by atoms with Crippen molar-refractivity contribution in [1.29, 1.82) is 0 Å². The van der Waals surface area contributed by atoms with E-state index in [4.69, 9.17) is 85.3 Å². The molecule has 0 aromatic rings. The first-order valence-electron chi connectivity index (χ1n) is 52.4. The van der Waals surface area contributed by atoms with Crippen LogP contribution in [-0.4, -0.2) is 222 Å². The van der Waals surface area contributed by atoms with Crippen LogP contribution in [0.4, 0.5) is 0 Å². The summed E-state index contributed by atoms with van der Waals surface area (Å²) in [6, 6.07) is 0. The molecular formula is C109H180O32. The van der Waals surface area contributed by atoms with Crippen molar-refractivity contribution in [2.45, 2.75) is 441 Å². The maximum atomic E-state index is 12.7. The van der Waals surface area contributed by atoms with Gasteiger partial charge in [-0.15, -0.1) is 0 Å². The molecule has 32 heteroatoms. The molecule has 13 rings (SSSR count). The Morgan fingerprint density at radius 3 is 1.11 bits per heavy atom. The number of ketones is 2. The van der Waals surface area contributed by atoms with Gasteiger partial charge in [-0.1, -0.05) is 111 Å². The van der Waals surface area contributed by atoms with Gasteiger partial charge in [-0.25, -0.2) is 4.79 Å². The van der Waals surface area contributed by atoms with Gasteiger partial charge in [0.25, 0.3) is 0 Å². The molecule has 8 saturated heterocycles. The average molecular weight is 2000 g/mol. The zero-order chi connectivity index (χ0) is 107. The monoisotopic (exact) mass is 2000 g/mol. The minimum absolute atomic E-state index is 0.0197. The van der Waals surface area contributed by atoms with Crippen molar-refractivity contribution in [2.75, 3.05) is 66.4 Å². The van der Waals surface area contributed by atoms with Crippen molar-refractivity contribution in [2.24, 2.45) is 101 Å². The first-order valence-corrected chi connectivity index (χ1v) is 52.4. The Hall–Kier alpha value is -7.26. The number of rotatable bonds is 38. The molecule has 0 amide bonds. The number of carbonyl (C=O) groups is 14. The topological polar surface area (TPSA) is 405 Å². The second-order valence-electron chi connectivity index (χ2n) is 48.4. The third kappa shape index (κ3) is 33.4. The van der Waals surface area contributed by atoms with E-state index in [-0.39, 0.29) is 205 Å². The minimum Gasteiger partial charge on any atom is -0.463 e. The zero-order valence-corrected chi connectivity index (χ0v) is 91.8. The van der Waals surface area contributed by atoms with E-state index in [1.165, 1.54) is 38.5 Å². The van der Waals surface area contributed by atoms with Gasteiger partial charge >= 0.3 is 71.6 Å². The first-order chi connectivity index (χ1) is 65.3. The van der Waals surface area contributed by atoms with E-state index in [0.717, 1.165) is 74.5 Å². The SMILES string of the molecule is CCC(C)(C)C(=O)OC1(CC)CC2CC1C1C3CCC(C3)C21.CCC(C)(C)C(=O)OC1C2CC3C(=O)OC1C3O2.CCC(C)(C)C(=O)OC1C2CC3C(=O)OC1C3O2.CCC(C)(C)C(=O)OC1CCOC1=O.CCC(C)(C)C(=O)OC1COC(=O)C1.CCC(C)(C)C(=O)OCC(=O)COCOCC(C)(C)C.CCC(C)(C)C(=O)OCC(=O)COCOCC(C)(C)C.CCC1(OC(=O)C(C)(C)CC)CCCC1. The molecule has 0 N–H and O–H groups in total. The molecule has 0 spiro atoms. The van der Waals surface area contributed by atoms with Crippen LogP contribution in [0.25, 0.3) is 0 Å². The molecule has 32 nitrogen and oxygen atoms in total. The van der Waals surface area contributed by atoms with Crippen LogP contribution in [0.3, 0.4) is 0 Å². The Labute approximate surface area is 840 Å². The molecule has 8 bridgehead atoms. The Morgan fingerprint density at radius 1 is 0.369 bits per heavy atom. The van der Waals surface area contributed by atoms with Gasteiger partial charge in [-0.2, -0.15) is 0 Å². The summed E-state index contributed by atoms with van der Waals surface area (Å²) in [7, 11) is 0. The van der Waals surface area contributed by atoms with E-state index >= 15 is 0 Å². The number of hydrogen-bond acceptors (Lipinski definition) is 32. The summed E-state index contributed by atoms with van der Waals surface area (Å²) in [5, 5.41) is 0. The Balaban J connectivity index is 0.000000248. The highest BCUT2D eigenvalue weighted by atomic mass is 16.7. The standard InChI is InChI=1S/C20H32O2.2C15H28O5.2C13H18O5.C13H24O2.2C10H16O4/c1-5-19(3,4)18(21)22-20(6-2)11-14-10-15(20)17-13-8-7-12(9-13)16(14)17;2*1-7-15(5,6)13(17)20-9-12(16)8-18-11-19-10-14(2,3)4;2*1-4-13(2,3)12(15)18-9-7-5-6-8(16-7)10(9)17-11(6)14;1-5-12(3,4)11(14)15-13(6-2)9-7-8-10-13;1-4-10(2,3)9(12)14-7-5-8(11)13-6-7;1-4-10(2,3)9(12)14-7-5-6-13-8(7)11/h12-17H,5-11H2,1-4H3;2*7-11H2,1-6H3;2*6-10H,4-5H2,1-3H3;5-10H2,1-4H3;2*7H,4-6H2,1-3H3. The van der Waals surface area contributed by atoms with Crippen molar-refractivity contribution in [3.05, 3.63) is 0 Å². The molecule has 0 aromatic heterocycles. The van der Waals surface area contributed by atoms with Gasteiger partial charge < -0.3 is 85.3 Å². The summed E-state index contributed by atoms with van der Waals surface area (Å²) in [6.45, 7) is 63.2.